The fourth-order valence-corrected chi connectivity index (χ4v) is 2.70. The lowest BCUT2D eigenvalue weighted by Crippen LogP contribution is -2.38. The van der Waals surface area contributed by atoms with Crippen LogP contribution >= 0.6 is 0 Å². The van der Waals surface area contributed by atoms with E-state index < -0.39 is 0 Å². The Labute approximate surface area is 122 Å². The lowest BCUT2D eigenvalue weighted by atomic mass is 9.82. The molecule has 20 heavy (non-hydrogen) atoms. The molecule has 0 bridgehead atoms. The van der Waals surface area contributed by atoms with Gasteiger partial charge in [0.1, 0.15) is 0 Å². The predicted molar refractivity (Wildman–Crippen MR) is 86.0 cm³/mol. The minimum absolute atomic E-state index is 0.00805. The fourth-order valence-electron chi connectivity index (χ4n) is 2.70. The molecule has 3 nitrogen and oxygen atoms in total. The average molecular weight is 273 g/mol. The van der Waals surface area contributed by atoms with Crippen LogP contribution in [0.3, 0.4) is 0 Å². The molecule has 0 amide bonds. The van der Waals surface area contributed by atoms with Crippen molar-refractivity contribution >= 4 is 5.96 Å². The van der Waals surface area contributed by atoms with E-state index in [0.717, 1.165) is 12.5 Å². The maximum atomic E-state index is 5.96. The standard InChI is InChI=1S/C17H27N3/c1-13-7-4-5-10-15(13)17(2,3)12-20-16(18)19-11-14-8-6-9-14/h4-5,7,10,14H,6,8-9,11-12H2,1-3H3,(H3,18,19,20). The molecule has 0 unspecified atom stereocenters. The topological polar surface area (TPSA) is 50.4 Å². The molecule has 2 rings (SSSR count). The normalized spacial score (nSPS) is 16.9. The van der Waals surface area contributed by atoms with Crippen LogP contribution in [0.25, 0.3) is 0 Å². The third-order valence-electron chi connectivity index (χ3n) is 4.32. The number of hydrogen-bond acceptors (Lipinski definition) is 1. The van der Waals surface area contributed by atoms with Crippen LogP contribution in [-0.4, -0.2) is 19.0 Å². The third-order valence-corrected chi connectivity index (χ3v) is 4.32. The van der Waals surface area contributed by atoms with Crippen molar-refractivity contribution in [3.05, 3.63) is 35.4 Å². The lowest BCUT2D eigenvalue weighted by molar-refractivity contribution is 0.315. The van der Waals surface area contributed by atoms with Gasteiger partial charge in [0.15, 0.2) is 5.96 Å². The van der Waals surface area contributed by atoms with E-state index in [1.807, 2.05) is 0 Å². The van der Waals surface area contributed by atoms with Crippen molar-refractivity contribution in [3.63, 3.8) is 0 Å². The van der Waals surface area contributed by atoms with Crippen molar-refractivity contribution in [2.75, 3.05) is 13.1 Å². The van der Waals surface area contributed by atoms with Gasteiger partial charge >= 0.3 is 0 Å². The van der Waals surface area contributed by atoms with Gasteiger partial charge in [-0.15, -0.1) is 0 Å². The van der Waals surface area contributed by atoms with Crippen LogP contribution in [0.2, 0.25) is 0 Å². The summed E-state index contributed by atoms with van der Waals surface area (Å²) >= 11 is 0. The zero-order valence-electron chi connectivity index (χ0n) is 12.9. The number of hydrogen-bond donors (Lipinski definition) is 2. The second-order valence-electron chi connectivity index (χ2n) is 6.58. The molecular weight excluding hydrogens is 246 g/mol. The zero-order chi connectivity index (χ0) is 14.6. The minimum atomic E-state index is 0.00805. The molecule has 1 saturated carbocycles. The Kier molecular flexibility index (Phi) is 4.69. The first kappa shape index (κ1) is 14.9. The van der Waals surface area contributed by atoms with E-state index in [2.05, 4.69) is 55.3 Å². The van der Waals surface area contributed by atoms with Crippen molar-refractivity contribution in [2.45, 2.75) is 45.4 Å². The summed E-state index contributed by atoms with van der Waals surface area (Å²) in [4.78, 5) is 4.53. The zero-order valence-corrected chi connectivity index (χ0v) is 12.9. The Morgan fingerprint density at radius 2 is 2.05 bits per heavy atom. The van der Waals surface area contributed by atoms with Crippen molar-refractivity contribution in [2.24, 2.45) is 16.6 Å². The van der Waals surface area contributed by atoms with Gasteiger partial charge in [-0.3, -0.25) is 4.99 Å². The van der Waals surface area contributed by atoms with E-state index in [4.69, 9.17) is 5.73 Å². The van der Waals surface area contributed by atoms with E-state index in [0.29, 0.717) is 12.5 Å². The smallest absolute Gasteiger partial charge is 0.188 e. The maximum absolute atomic E-state index is 5.96. The van der Waals surface area contributed by atoms with E-state index in [1.54, 1.807) is 0 Å². The number of guanidine groups is 1. The molecule has 0 saturated heterocycles. The summed E-state index contributed by atoms with van der Waals surface area (Å²) in [6.07, 6.45) is 4.02. The molecule has 1 aromatic rings. The van der Waals surface area contributed by atoms with Crippen molar-refractivity contribution in [1.29, 1.82) is 0 Å². The number of aliphatic imine (C=N–C) groups is 1. The summed E-state index contributed by atoms with van der Waals surface area (Å²) in [6, 6.07) is 8.50. The average Bonchev–Trinajstić information content (AvgIpc) is 2.35. The van der Waals surface area contributed by atoms with Crippen LogP contribution in [-0.2, 0) is 5.41 Å². The summed E-state index contributed by atoms with van der Waals surface area (Å²) < 4.78 is 0. The fraction of sp³-hybridized carbons (Fsp3) is 0.588. The van der Waals surface area contributed by atoms with Gasteiger partial charge in [-0.1, -0.05) is 44.5 Å². The second kappa shape index (κ2) is 6.29. The van der Waals surface area contributed by atoms with Crippen LogP contribution in [0.5, 0.6) is 0 Å². The van der Waals surface area contributed by atoms with Crippen molar-refractivity contribution in [3.8, 4) is 0 Å². The monoisotopic (exact) mass is 273 g/mol. The predicted octanol–water partition coefficient (Wildman–Crippen LogP) is 2.98. The summed E-state index contributed by atoms with van der Waals surface area (Å²) in [5.74, 6) is 1.38. The highest BCUT2D eigenvalue weighted by Crippen LogP contribution is 2.26. The van der Waals surface area contributed by atoms with Crippen LogP contribution in [0.1, 0.15) is 44.2 Å². The highest BCUT2D eigenvalue weighted by molar-refractivity contribution is 5.77. The van der Waals surface area contributed by atoms with Crippen LogP contribution in [0.4, 0.5) is 0 Å². The molecule has 0 aromatic heterocycles. The lowest BCUT2D eigenvalue weighted by Gasteiger charge is -2.27. The molecule has 3 N–H and O–H groups in total. The minimum Gasteiger partial charge on any atom is -0.370 e. The van der Waals surface area contributed by atoms with Gasteiger partial charge < -0.3 is 11.1 Å². The highest BCUT2D eigenvalue weighted by atomic mass is 15.1. The summed E-state index contributed by atoms with van der Waals surface area (Å²) in [7, 11) is 0. The number of nitrogens with two attached hydrogens (primary N) is 1. The molecule has 0 aliphatic heterocycles. The maximum Gasteiger partial charge on any atom is 0.188 e. The van der Waals surface area contributed by atoms with Gasteiger partial charge in [0.05, 0.1) is 6.54 Å². The number of aryl methyl sites for hydroxylation is 1. The molecule has 0 atom stereocenters. The molecule has 3 heteroatoms. The number of rotatable bonds is 5. The molecule has 0 radical (unpaired) electrons. The number of benzene rings is 1. The van der Waals surface area contributed by atoms with Crippen LogP contribution in [0.15, 0.2) is 29.3 Å². The van der Waals surface area contributed by atoms with Gasteiger partial charge in [-0.05, 0) is 36.8 Å². The van der Waals surface area contributed by atoms with Crippen LogP contribution in [0, 0.1) is 12.8 Å². The van der Waals surface area contributed by atoms with E-state index in [-0.39, 0.29) is 5.41 Å². The molecule has 0 heterocycles. The Morgan fingerprint density at radius 3 is 2.65 bits per heavy atom. The van der Waals surface area contributed by atoms with Gasteiger partial charge in [-0.2, -0.15) is 0 Å². The Bertz CT molecular complexity index is 473. The van der Waals surface area contributed by atoms with E-state index >= 15 is 0 Å². The first-order chi connectivity index (χ1) is 9.49. The van der Waals surface area contributed by atoms with E-state index in [1.165, 1.54) is 30.4 Å². The summed E-state index contributed by atoms with van der Waals surface area (Å²) in [5.41, 5.74) is 8.63. The van der Waals surface area contributed by atoms with Gasteiger partial charge in [-0.25, -0.2) is 0 Å². The largest absolute Gasteiger partial charge is 0.370 e. The SMILES string of the molecule is Cc1ccccc1C(C)(C)CN=C(N)NCC1CCC1. The van der Waals surface area contributed by atoms with Crippen molar-refractivity contribution < 1.29 is 0 Å². The van der Waals surface area contributed by atoms with Gasteiger partial charge in [0, 0.05) is 12.0 Å². The third kappa shape index (κ3) is 3.75. The molecular formula is C17H27N3. The molecule has 1 aliphatic rings. The summed E-state index contributed by atoms with van der Waals surface area (Å²) in [6.45, 7) is 8.27. The first-order valence-electron chi connectivity index (χ1n) is 7.59. The quantitative estimate of drug-likeness (QED) is 0.640. The number of nitrogens with one attached hydrogen (secondary N) is 1. The molecule has 1 aromatic carbocycles. The van der Waals surface area contributed by atoms with Gasteiger partial charge in [0.25, 0.3) is 0 Å². The number of nitrogens with zero attached hydrogens (tertiary/aromatic N) is 1. The van der Waals surface area contributed by atoms with E-state index in [9.17, 15) is 0 Å². The van der Waals surface area contributed by atoms with Gasteiger partial charge in [0.2, 0.25) is 0 Å². The Hall–Kier alpha value is -1.51. The molecule has 1 fully saturated rings. The second-order valence-corrected chi connectivity index (χ2v) is 6.58. The Balaban J connectivity index is 1.91. The van der Waals surface area contributed by atoms with Crippen molar-refractivity contribution in [1.82, 2.24) is 5.32 Å². The highest BCUT2D eigenvalue weighted by Gasteiger charge is 2.22. The molecule has 1 aliphatic carbocycles. The summed E-state index contributed by atoms with van der Waals surface area (Å²) in [5, 5.41) is 3.25. The first-order valence-corrected chi connectivity index (χ1v) is 7.59. The Morgan fingerprint density at radius 1 is 1.35 bits per heavy atom. The molecule has 110 valence electrons. The van der Waals surface area contributed by atoms with Crippen LogP contribution < -0.4 is 11.1 Å². The molecule has 0 spiro atoms.